The maximum atomic E-state index is 12.4. The standard InChI is InChI=1S/C9H9F3N2O2/c1-13-4-5-2-3-6(9(10,11)12)7(14-5)8(15)16/h2-3,13H,4H2,1H3,(H,15,16)/p-1. The quantitative estimate of drug-likeness (QED) is 0.809. The van der Waals surface area contributed by atoms with Crippen LogP contribution in [-0.4, -0.2) is 18.0 Å². The average molecular weight is 233 g/mol. The lowest BCUT2D eigenvalue weighted by Gasteiger charge is -2.13. The number of hydrogen-bond donors (Lipinski definition) is 1. The molecule has 0 aliphatic carbocycles. The monoisotopic (exact) mass is 233 g/mol. The van der Waals surface area contributed by atoms with Crippen LogP contribution in [-0.2, 0) is 12.7 Å². The van der Waals surface area contributed by atoms with Gasteiger partial charge < -0.3 is 15.2 Å². The van der Waals surface area contributed by atoms with Gasteiger partial charge in [-0.2, -0.15) is 13.2 Å². The summed E-state index contributed by atoms with van der Waals surface area (Å²) in [6, 6.07) is 1.80. The first kappa shape index (κ1) is 12.4. The normalized spacial score (nSPS) is 11.5. The lowest BCUT2D eigenvalue weighted by molar-refractivity contribution is -0.256. The average Bonchev–Trinajstić information content (AvgIpc) is 2.16. The van der Waals surface area contributed by atoms with Crippen molar-refractivity contribution in [3.05, 3.63) is 29.1 Å². The number of carbonyl (C=O) groups is 1. The highest BCUT2D eigenvalue weighted by Gasteiger charge is 2.34. The van der Waals surface area contributed by atoms with Crippen LogP contribution < -0.4 is 10.4 Å². The smallest absolute Gasteiger partial charge is 0.418 e. The van der Waals surface area contributed by atoms with Gasteiger partial charge >= 0.3 is 6.18 Å². The molecule has 4 nitrogen and oxygen atoms in total. The number of halogens is 3. The van der Waals surface area contributed by atoms with Gasteiger partial charge in [-0.1, -0.05) is 0 Å². The SMILES string of the molecule is CNCc1ccc(C(F)(F)F)c(C(=O)[O-])n1. The van der Waals surface area contributed by atoms with Crippen LogP contribution in [0, 0.1) is 0 Å². The van der Waals surface area contributed by atoms with Crippen LogP contribution >= 0.6 is 0 Å². The number of rotatable bonds is 3. The summed E-state index contributed by atoms with van der Waals surface area (Å²) in [6.45, 7) is 0.179. The molecular formula is C9H8F3N2O2-. The van der Waals surface area contributed by atoms with Gasteiger partial charge in [0.25, 0.3) is 0 Å². The van der Waals surface area contributed by atoms with Crippen molar-refractivity contribution in [1.82, 2.24) is 10.3 Å². The Balaban J connectivity index is 3.25. The summed E-state index contributed by atoms with van der Waals surface area (Å²) in [4.78, 5) is 13.9. The third-order valence-electron chi connectivity index (χ3n) is 1.81. The number of carboxylic acids is 1. The molecule has 0 aliphatic rings. The van der Waals surface area contributed by atoms with E-state index >= 15 is 0 Å². The minimum atomic E-state index is -4.75. The van der Waals surface area contributed by atoms with Gasteiger partial charge in [-0.3, -0.25) is 0 Å². The van der Waals surface area contributed by atoms with Crippen molar-refractivity contribution in [3.63, 3.8) is 0 Å². The molecule has 0 saturated carbocycles. The maximum Gasteiger partial charge on any atom is 0.418 e. The summed E-state index contributed by atoms with van der Waals surface area (Å²) in [5.41, 5.74) is -2.18. The predicted molar refractivity (Wildman–Crippen MR) is 46.3 cm³/mol. The highest BCUT2D eigenvalue weighted by atomic mass is 19.4. The Bertz CT molecular complexity index is 404. The summed E-state index contributed by atoms with van der Waals surface area (Å²) < 4.78 is 37.1. The number of nitrogens with zero attached hydrogens (tertiary/aromatic N) is 1. The van der Waals surface area contributed by atoms with Gasteiger partial charge in [0, 0.05) is 6.54 Å². The molecule has 1 N–H and O–H groups in total. The Morgan fingerprint density at radius 2 is 2.12 bits per heavy atom. The summed E-state index contributed by atoms with van der Waals surface area (Å²) in [6.07, 6.45) is -4.75. The fourth-order valence-electron chi connectivity index (χ4n) is 1.16. The van der Waals surface area contributed by atoms with Gasteiger partial charge in [0.2, 0.25) is 0 Å². The lowest BCUT2D eigenvalue weighted by atomic mass is 10.1. The van der Waals surface area contributed by atoms with Crippen LogP contribution in [0.25, 0.3) is 0 Å². The van der Waals surface area contributed by atoms with Gasteiger partial charge in [0.05, 0.1) is 22.9 Å². The minimum absolute atomic E-state index is 0.179. The molecule has 0 radical (unpaired) electrons. The first-order valence-electron chi connectivity index (χ1n) is 4.29. The molecule has 16 heavy (non-hydrogen) atoms. The van der Waals surface area contributed by atoms with E-state index in [1.165, 1.54) is 0 Å². The van der Waals surface area contributed by atoms with E-state index in [1.807, 2.05) is 0 Å². The van der Waals surface area contributed by atoms with Gasteiger partial charge in [0.1, 0.15) is 0 Å². The molecule has 1 aromatic heterocycles. The Kier molecular flexibility index (Phi) is 3.48. The van der Waals surface area contributed by atoms with Crippen LogP contribution in [0.1, 0.15) is 21.7 Å². The molecule has 88 valence electrons. The van der Waals surface area contributed by atoms with Gasteiger partial charge in [-0.05, 0) is 19.2 Å². The molecule has 0 fully saturated rings. The van der Waals surface area contributed by atoms with Gasteiger partial charge in [-0.15, -0.1) is 0 Å². The van der Waals surface area contributed by atoms with E-state index in [-0.39, 0.29) is 12.2 Å². The Morgan fingerprint density at radius 3 is 2.56 bits per heavy atom. The second kappa shape index (κ2) is 4.48. The largest absolute Gasteiger partial charge is 0.543 e. The van der Waals surface area contributed by atoms with Crippen molar-refractivity contribution in [3.8, 4) is 0 Å². The van der Waals surface area contributed by atoms with E-state index in [2.05, 4.69) is 10.3 Å². The number of nitrogens with one attached hydrogen (secondary N) is 1. The van der Waals surface area contributed by atoms with Crippen molar-refractivity contribution in [2.24, 2.45) is 0 Å². The first-order valence-corrected chi connectivity index (χ1v) is 4.29. The van der Waals surface area contributed by atoms with Crippen LogP contribution in [0.4, 0.5) is 13.2 Å². The predicted octanol–water partition coefficient (Wildman–Crippen LogP) is 0.183. The topological polar surface area (TPSA) is 65.0 Å². The molecule has 0 bridgehead atoms. The third kappa shape index (κ3) is 2.69. The molecule has 0 aliphatic heterocycles. The number of pyridine rings is 1. The zero-order chi connectivity index (χ0) is 12.3. The zero-order valence-electron chi connectivity index (χ0n) is 8.26. The van der Waals surface area contributed by atoms with E-state index in [1.54, 1.807) is 7.05 Å². The van der Waals surface area contributed by atoms with E-state index in [0.29, 0.717) is 6.07 Å². The second-order valence-electron chi connectivity index (χ2n) is 3.01. The van der Waals surface area contributed by atoms with E-state index in [9.17, 15) is 23.1 Å². The number of carboxylic acid groups (broad SMARTS) is 1. The molecule has 0 spiro atoms. The fourth-order valence-corrected chi connectivity index (χ4v) is 1.16. The molecule has 0 atom stereocenters. The van der Waals surface area contributed by atoms with Crippen molar-refractivity contribution in [2.45, 2.75) is 12.7 Å². The summed E-state index contributed by atoms with van der Waals surface area (Å²) in [5, 5.41) is 13.2. The van der Waals surface area contributed by atoms with Gasteiger partial charge in [-0.25, -0.2) is 4.98 Å². The molecule has 0 unspecified atom stereocenters. The summed E-state index contributed by atoms with van der Waals surface area (Å²) in [5.74, 6) is -1.94. The van der Waals surface area contributed by atoms with Crippen LogP contribution in [0.3, 0.4) is 0 Å². The van der Waals surface area contributed by atoms with E-state index < -0.39 is 23.4 Å². The van der Waals surface area contributed by atoms with Crippen molar-refractivity contribution < 1.29 is 23.1 Å². The highest BCUT2D eigenvalue weighted by Crippen LogP contribution is 2.31. The van der Waals surface area contributed by atoms with Crippen molar-refractivity contribution >= 4 is 5.97 Å². The number of carbonyl (C=O) groups excluding carboxylic acids is 1. The number of hydrogen-bond acceptors (Lipinski definition) is 4. The van der Waals surface area contributed by atoms with E-state index in [4.69, 9.17) is 0 Å². The molecular weight excluding hydrogens is 225 g/mol. The van der Waals surface area contributed by atoms with Crippen molar-refractivity contribution in [2.75, 3.05) is 7.05 Å². The molecule has 0 aromatic carbocycles. The maximum absolute atomic E-state index is 12.4. The summed E-state index contributed by atoms with van der Waals surface area (Å²) >= 11 is 0. The Morgan fingerprint density at radius 1 is 1.50 bits per heavy atom. The number of aromatic carboxylic acids is 1. The van der Waals surface area contributed by atoms with Crippen molar-refractivity contribution in [1.29, 1.82) is 0 Å². The van der Waals surface area contributed by atoms with Crippen LogP contribution in [0.15, 0.2) is 12.1 Å². The second-order valence-corrected chi connectivity index (χ2v) is 3.01. The zero-order valence-corrected chi connectivity index (χ0v) is 8.26. The molecule has 0 saturated heterocycles. The fraction of sp³-hybridized carbons (Fsp3) is 0.333. The molecule has 1 aromatic rings. The molecule has 7 heteroatoms. The molecule has 1 rings (SSSR count). The Hall–Kier alpha value is -1.63. The number of aromatic nitrogens is 1. The third-order valence-corrected chi connectivity index (χ3v) is 1.81. The summed E-state index contributed by atoms with van der Waals surface area (Å²) in [7, 11) is 1.57. The van der Waals surface area contributed by atoms with Gasteiger partial charge in [0.15, 0.2) is 0 Å². The van der Waals surface area contributed by atoms with Crippen LogP contribution in [0.5, 0.6) is 0 Å². The highest BCUT2D eigenvalue weighted by molar-refractivity contribution is 5.85. The lowest BCUT2D eigenvalue weighted by Crippen LogP contribution is -2.28. The van der Waals surface area contributed by atoms with E-state index in [0.717, 1.165) is 6.07 Å². The first-order chi connectivity index (χ1) is 7.36. The number of alkyl halides is 3. The molecule has 1 heterocycles. The Labute approximate surface area is 89.1 Å². The molecule has 0 amide bonds. The minimum Gasteiger partial charge on any atom is -0.543 e. The van der Waals surface area contributed by atoms with Crippen LogP contribution in [0.2, 0.25) is 0 Å².